The molecule has 0 amide bonds. The monoisotopic (exact) mass is 290 g/mol. The van der Waals surface area contributed by atoms with E-state index in [0.717, 1.165) is 25.7 Å². The van der Waals surface area contributed by atoms with E-state index < -0.39 is 24.3 Å². The van der Waals surface area contributed by atoms with Gasteiger partial charge in [0.15, 0.2) is 0 Å². The number of carboxylic acid groups (broad SMARTS) is 1. The smallest absolute Gasteiger partial charge is 0.308 e. The van der Waals surface area contributed by atoms with Gasteiger partial charge in [0.2, 0.25) is 6.29 Å². The summed E-state index contributed by atoms with van der Waals surface area (Å²) in [5, 5.41) is 26.7. The van der Waals surface area contributed by atoms with Crippen LogP contribution in [-0.4, -0.2) is 39.7 Å². The number of aliphatic hydroxyl groups is 2. The highest BCUT2D eigenvalue weighted by Crippen LogP contribution is 2.10. The maximum atomic E-state index is 11.3. The van der Waals surface area contributed by atoms with Crippen molar-refractivity contribution >= 4 is 11.9 Å². The SMILES string of the molecule is CC(O)CC(O)OC(=O)CCCCCCCCC(=O)O. The number of ether oxygens (including phenoxy) is 1. The molecule has 0 aromatic rings. The number of aliphatic hydroxyl groups excluding tert-OH is 2. The number of carbonyl (C=O) groups is 2. The molecular formula is C14H26O6. The van der Waals surface area contributed by atoms with Crippen molar-refractivity contribution in [3.8, 4) is 0 Å². The zero-order valence-corrected chi connectivity index (χ0v) is 12.1. The molecule has 118 valence electrons. The standard InChI is InChI=1S/C14H26O6/c1-11(15)10-14(19)20-13(18)9-7-5-3-2-4-6-8-12(16)17/h11,14-15,19H,2-10H2,1H3,(H,16,17). The molecule has 0 aromatic heterocycles. The molecule has 0 aliphatic carbocycles. The molecule has 0 radical (unpaired) electrons. The van der Waals surface area contributed by atoms with E-state index in [1.54, 1.807) is 0 Å². The molecule has 20 heavy (non-hydrogen) atoms. The zero-order chi connectivity index (χ0) is 15.4. The molecule has 0 fully saturated rings. The lowest BCUT2D eigenvalue weighted by molar-refractivity contribution is -0.171. The third kappa shape index (κ3) is 13.3. The van der Waals surface area contributed by atoms with Crippen molar-refractivity contribution < 1.29 is 29.6 Å². The Bertz CT molecular complexity index is 277. The first kappa shape index (κ1) is 18.9. The number of esters is 1. The van der Waals surface area contributed by atoms with Crippen LogP contribution in [0.25, 0.3) is 0 Å². The Labute approximate surface area is 119 Å². The van der Waals surface area contributed by atoms with Crippen LogP contribution in [0.4, 0.5) is 0 Å². The largest absolute Gasteiger partial charge is 0.481 e. The summed E-state index contributed by atoms with van der Waals surface area (Å²) in [6, 6.07) is 0. The maximum absolute atomic E-state index is 11.3. The fraction of sp³-hybridized carbons (Fsp3) is 0.857. The highest BCUT2D eigenvalue weighted by atomic mass is 16.6. The fourth-order valence-electron chi connectivity index (χ4n) is 1.80. The number of carbonyl (C=O) groups excluding carboxylic acids is 1. The predicted octanol–water partition coefficient (Wildman–Crippen LogP) is 1.82. The Morgan fingerprint density at radius 2 is 1.45 bits per heavy atom. The summed E-state index contributed by atoms with van der Waals surface area (Å²) in [4.78, 5) is 21.6. The van der Waals surface area contributed by atoms with Gasteiger partial charge in [-0.3, -0.25) is 9.59 Å². The fourth-order valence-corrected chi connectivity index (χ4v) is 1.80. The van der Waals surface area contributed by atoms with Gasteiger partial charge in [0.1, 0.15) is 0 Å². The van der Waals surface area contributed by atoms with Gasteiger partial charge in [0.05, 0.1) is 6.10 Å². The van der Waals surface area contributed by atoms with Gasteiger partial charge < -0.3 is 20.1 Å². The minimum atomic E-state index is -1.24. The molecule has 2 unspecified atom stereocenters. The van der Waals surface area contributed by atoms with E-state index in [9.17, 15) is 14.7 Å². The van der Waals surface area contributed by atoms with Gasteiger partial charge in [-0.2, -0.15) is 0 Å². The quantitative estimate of drug-likeness (QED) is 0.288. The van der Waals surface area contributed by atoms with Crippen LogP contribution in [0.3, 0.4) is 0 Å². The van der Waals surface area contributed by atoms with Gasteiger partial charge in [0.25, 0.3) is 0 Å². The maximum Gasteiger partial charge on any atom is 0.308 e. The first-order valence-corrected chi connectivity index (χ1v) is 7.19. The molecule has 0 spiro atoms. The van der Waals surface area contributed by atoms with Gasteiger partial charge in [-0.25, -0.2) is 0 Å². The van der Waals surface area contributed by atoms with Crippen LogP contribution in [-0.2, 0) is 14.3 Å². The first-order valence-electron chi connectivity index (χ1n) is 7.19. The number of carboxylic acids is 1. The predicted molar refractivity (Wildman–Crippen MR) is 73.0 cm³/mol. The topological polar surface area (TPSA) is 104 Å². The molecule has 0 aromatic carbocycles. The number of rotatable bonds is 12. The van der Waals surface area contributed by atoms with Crippen molar-refractivity contribution in [3.63, 3.8) is 0 Å². The normalized spacial score (nSPS) is 13.8. The molecule has 2 atom stereocenters. The van der Waals surface area contributed by atoms with Crippen LogP contribution in [0, 0.1) is 0 Å². The average Bonchev–Trinajstić information content (AvgIpc) is 2.30. The lowest BCUT2D eigenvalue weighted by Crippen LogP contribution is -2.21. The number of hydrogen-bond donors (Lipinski definition) is 3. The van der Waals surface area contributed by atoms with Crippen molar-refractivity contribution in [1.29, 1.82) is 0 Å². The van der Waals surface area contributed by atoms with Gasteiger partial charge in [-0.1, -0.05) is 25.7 Å². The van der Waals surface area contributed by atoms with Crippen LogP contribution in [0.1, 0.15) is 64.7 Å². The Kier molecular flexibility index (Phi) is 11.0. The molecule has 0 aliphatic heterocycles. The number of aliphatic carboxylic acids is 1. The van der Waals surface area contributed by atoms with E-state index in [-0.39, 0.29) is 19.3 Å². The van der Waals surface area contributed by atoms with E-state index in [2.05, 4.69) is 0 Å². The van der Waals surface area contributed by atoms with E-state index >= 15 is 0 Å². The molecular weight excluding hydrogens is 264 g/mol. The van der Waals surface area contributed by atoms with Crippen molar-refractivity contribution in [2.45, 2.75) is 77.1 Å². The van der Waals surface area contributed by atoms with Crippen LogP contribution in [0.15, 0.2) is 0 Å². The summed E-state index contributed by atoms with van der Waals surface area (Å²) >= 11 is 0. The lowest BCUT2D eigenvalue weighted by atomic mass is 10.1. The molecule has 3 N–H and O–H groups in total. The van der Waals surface area contributed by atoms with Gasteiger partial charge >= 0.3 is 11.9 Å². The van der Waals surface area contributed by atoms with E-state index in [1.807, 2.05) is 0 Å². The Hall–Kier alpha value is -1.14. The van der Waals surface area contributed by atoms with Crippen LogP contribution >= 0.6 is 0 Å². The third-order valence-electron chi connectivity index (χ3n) is 2.83. The van der Waals surface area contributed by atoms with Crippen molar-refractivity contribution in [3.05, 3.63) is 0 Å². The van der Waals surface area contributed by atoms with E-state index in [4.69, 9.17) is 14.9 Å². The molecule has 6 heteroatoms. The van der Waals surface area contributed by atoms with E-state index in [0.29, 0.717) is 12.8 Å². The average molecular weight is 290 g/mol. The second-order valence-electron chi connectivity index (χ2n) is 5.04. The summed E-state index contributed by atoms with van der Waals surface area (Å²) in [5.74, 6) is -1.22. The molecule has 0 saturated carbocycles. The zero-order valence-electron chi connectivity index (χ0n) is 12.1. The molecule has 0 saturated heterocycles. The van der Waals surface area contributed by atoms with Gasteiger partial charge in [-0.05, 0) is 19.8 Å². The summed E-state index contributed by atoms with van der Waals surface area (Å²) in [7, 11) is 0. The highest BCUT2D eigenvalue weighted by Gasteiger charge is 2.12. The second-order valence-corrected chi connectivity index (χ2v) is 5.04. The third-order valence-corrected chi connectivity index (χ3v) is 2.83. The molecule has 6 nitrogen and oxygen atoms in total. The van der Waals surface area contributed by atoms with Crippen LogP contribution < -0.4 is 0 Å². The van der Waals surface area contributed by atoms with E-state index in [1.165, 1.54) is 6.92 Å². The highest BCUT2D eigenvalue weighted by molar-refractivity contribution is 5.69. The van der Waals surface area contributed by atoms with Crippen molar-refractivity contribution in [1.82, 2.24) is 0 Å². The molecule has 0 bridgehead atoms. The molecule has 0 heterocycles. The summed E-state index contributed by atoms with van der Waals surface area (Å²) in [5.41, 5.74) is 0. The Morgan fingerprint density at radius 1 is 0.950 bits per heavy atom. The van der Waals surface area contributed by atoms with Crippen LogP contribution in [0.2, 0.25) is 0 Å². The minimum absolute atomic E-state index is 0.0231. The molecule has 0 aliphatic rings. The summed E-state index contributed by atoms with van der Waals surface area (Å²) < 4.78 is 4.72. The summed E-state index contributed by atoms with van der Waals surface area (Å²) in [6.45, 7) is 1.52. The molecule has 0 rings (SSSR count). The Morgan fingerprint density at radius 3 is 1.95 bits per heavy atom. The second kappa shape index (κ2) is 11.7. The van der Waals surface area contributed by atoms with Gasteiger partial charge in [0, 0.05) is 19.3 Å². The van der Waals surface area contributed by atoms with Crippen molar-refractivity contribution in [2.24, 2.45) is 0 Å². The first-order chi connectivity index (χ1) is 9.41. The van der Waals surface area contributed by atoms with Crippen molar-refractivity contribution in [2.75, 3.05) is 0 Å². The van der Waals surface area contributed by atoms with Crippen LogP contribution in [0.5, 0.6) is 0 Å². The number of unbranched alkanes of at least 4 members (excludes halogenated alkanes) is 5. The van der Waals surface area contributed by atoms with Gasteiger partial charge in [-0.15, -0.1) is 0 Å². The lowest BCUT2D eigenvalue weighted by Gasteiger charge is -2.13. The summed E-state index contributed by atoms with van der Waals surface area (Å²) in [6.07, 6.45) is 3.65. The number of hydrogen-bond acceptors (Lipinski definition) is 5. The Balaban J connectivity index is 3.37. The minimum Gasteiger partial charge on any atom is -0.481 e.